The number of hydrogen-bond acceptors (Lipinski definition) is 12. The van der Waals surface area contributed by atoms with E-state index in [-0.39, 0.29) is 51.6 Å². The van der Waals surface area contributed by atoms with Gasteiger partial charge in [-0.1, -0.05) is 0 Å². The minimum atomic E-state index is -1.83. The fourth-order valence-corrected chi connectivity index (χ4v) is 5.71. The Balaban J connectivity index is 1.91. The molecule has 5 unspecified atom stereocenters. The van der Waals surface area contributed by atoms with Crippen LogP contribution < -0.4 is 0 Å². The van der Waals surface area contributed by atoms with Crippen molar-refractivity contribution in [2.24, 2.45) is 5.92 Å². The Kier molecular flexibility index (Phi) is 7.94. The van der Waals surface area contributed by atoms with Crippen LogP contribution in [0.2, 0.25) is 0 Å². The molecule has 1 saturated heterocycles. The van der Waals surface area contributed by atoms with Crippen molar-refractivity contribution < 1.29 is 59.9 Å². The number of Topliss-reactive ketones (excluding diaryl/α,β-unsaturated/α-hetero) is 2. The van der Waals surface area contributed by atoms with E-state index in [4.69, 9.17) is 9.47 Å². The molecule has 8 N–H and O–H groups in total. The van der Waals surface area contributed by atoms with Crippen LogP contribution in [0.5, 0.6) is 17.2 Å². The molecule has 0 aromatic heterocycles. The van der Waals surface area contributed by atoms with E-state index < -0.39 is 77.8 Å². The van der Waals surface area contributed by atoms with Gasteiger partial charge in [0, 0.05) is 30.6 Å². The highest BCUT2D eigenvalue weighted by atomic mass is 16.5. The standard InChI is InChI=1S/C27H34O12/c1-8-19(30)17(15-7-14(29)22(33)10(3)39-15)12-5-11-6-13(27(38-4)26(37)21(32)9(2)28)23(34)25(36)16(11)24(35)18(12)20(8)31/h5,9-10,13-15,21-23,27-35H,6-7H2,1-4H3/t9?,10-,13?,14+,15-,21?,22+,23?,27?/m1/s1. The molecule has 0 spiro atoms. The smallest absolute Gasteiger partial charge is 0.195 e. The van der Waals surface area contributed by atoms with Crippen LogP contribution in [0.15, 0.2) is 6.07 Å². The van der Waals surface area contributed by atoms with Crippen LogP contribution in [0.25, 0.3) is 10.8 Å². The van der Waals surface area contributed by atoms with Crippen LogP contribution in [0, 0.1) is 12.8 Å². The second-order valence-electron chi connectivity index (χ2n) is 10.5. The minimum Gasteiger partial charge on any atom is -0.507 e. The summed E-state index contributed by atoms with van der Waals surface area (Å²) >= 11 is 0. The van der Waals surface area contributed by atoms with Gasteiger partial charge in [-0.15, -0.1) is 0 Å². The summed E-state index contributed by atoms with van der Waals surface area (Å²) in [5.74, 6) is -4.63. The molecule has 2 aliphatic rings. The first-order valence-electron chi connectivity index (χ1n) is 12.6. The molecule has 12 heteroatoms. The van der Waals surface area contributed by atoms with Gasteiger partial charge in [-0.2, -0.15) is 0 Å². The molecular weight excluding hydrogens is 516 g/mol. The number of carbonyl (C=O) groups excluding carboxylic acids is 2. The molecule has 0 amide bonds. The van der Waals surface area contributed by atoms with Gasteiger partial charge in [-0.05, 0) is 44.2 Å². The zero-order chi connectivity index (χ0) is 29.1. The van der Waals surface area contributed by atoms with Crippen molar-refractivity contribution in [2.75, 3.05) is 7.11 Å². The van der Waals surface area contributed by atoms with Crippen molar-refractivity contribution >= 4 is 22.3 Å². The molecule has 0 saturated carbocycles. The molecular formula is C27H34O12. The van der Waals surface area contributed by atoms with E-state index >= 15 is 0 Å². The van der Waals surface area contributed by atoms with Crippen LogP contribution >= 0.6 is 0 Å². The van der Waals surface area contributed by atoms with Crippen LogP contribution in [0.4, 0.5) is 0 Å². The number of benzene rings is 2. The molecule has 39 heavy (non-hydrogen) atoms. The molecule has 4 rings (SSSR count). The average Bonchev–Trinajstić information content (AvgIpc) is 2.88. The van der Waals surface area contributed by atoms with Crippen molar-refractivity contribution in [3.8, 4) is 17.2 Å². The minimum absolute atomic E-state index is 0.0246. The van der Waals surface area contributed by atoms with E-state index in [1.807, 2.05) is 0 Å². The van der Waals surface area contributed by atoms with Crippen molar-refractivity contribution in [1.82, 2.24) is 0 Å². The Morgan fingerprint density at radius 1 is 1.10 bits per heavy atom. The molecule has 1 aliphatic heterocycles. The lowest BCUT2D eigenvalue weighted by molar-refractivity contribution is -0.163. The van der Waals surface area contributed by atoms with Gasteiger partial charge >= 0.3 is 0 Å². The molecule has 1 aliphatic carbocycles. The van der Waals surface area contributed by atoms with Gasteiger partial charge in [0.2, 0.25) is 0 Å². The third-order valence-electron chi connectivity index (χ3n) is 7.95. The van der Waals surface area contributed by atoms with E-state index in [1.54, 1.807) is 6.92 Å². The largest absolute Gasteiger partial charge is 0.507 e. The van der Waals surface area contributed by atoms with Crippen LogP contribution in [0.3, 0.4) is 0 Å². The fourth-order valence-electron chi connectivity index (χ4n) is 5.71. The maximum absolute atomic E-state index is 13.3. The highest BCUT2D eigenvalue weighted by Crippen LogP contribution is 2.51. The molecule has 2 aromatic carbocycles. The van der Waals surface area contributed by atoms with Gasteiger partial charge in [-0.3, -0.25) is 9.59 Å². The monoisotopic (exact) mass is 550 g/mol. The number of ether oxygens (including phenoxy) is 2. The Labute approximate surface area is 223 Å². The second-order valence-corrected chi connectivity index (χ2v) is 10.5. The molecule has 12 nitrogen and oxygen atoms in total. The van der Waals surface area contributed by atoms with Gasteiger partial charge in [-0.25, -0.2) is 0 Å². The SMILES string of the molecule is COC(C(=O)C(O)C(C)O)C1Cc2cc3c([C@H]4C[C@H](O)[C@@H](O)[C@@H](C)O4)c(O)c(C)c(O)c3c(O)c2C(=O)C1O. The molecule has 9 atom stereocenters. The molecule has 214 valence electrons. The number of aromatic hydroxyl groups is 3. The summed E-state index contributed by atoms with van der Waals surface area (Å²) in [6, 6.07) is 1.42. The number of methoxy groups -OCH3 is 1. The summed E-state index contributed by atoms with van der Waals surface area (Å²) in [4.78, 5) is 26.1. The van der Waals surface area contributed by atoms with Crippen molar-refractivity contribution in [1.29, 1.82) is 0 Å². The Hall–Kier alpha value is -2.84. The number of aliphatic hydroxyl groups excluding tert-OH is 5. The van der Waals surface area contributed by atoms with E-state index in [0.717, 1.165) is 7.11 Å². The van der Waals surface area contributed by atoms with Gasteiger partial charge in [0.1, 0.15) is 41.7 Å². The lowest BCUT2D eigenvalue weighted by Crippen LogP contribution is -2.50. The topological polar surface area (TPSA) is 214 Å². The summed E-state index contributed by atoms with van der Waals surface area (Å²) in [5, 5.41) is 84.1. The molecule has 1 heterocycles. The first-order chi connectivity index (χ1) is 18.2. The third kappa shape index (κ3) is 4.65. The second kappa shape index (κ2) is 10.6. The molecule has 1 fully saturated rings. The Morgan fingerprint density at radius 3 is 2.31 bits per heavy atom. The van der Waals surface area contributed by atoms with Crippen molar-refractivity contribution in [2.45, 2.75) is 82.4 Å². The van der Waals surface area contributed by atoms with Crippen LogP contribution in [-0.4, -0.2) is 102 Å². The number of ketones is 2. The lowest BCUT2D eigenvalue weighted by atomic mass is 9.74. The zero-order valence-corrected chi connectivity index (χ0v) is 21.9. The first-order valence-corrected chi connectivity index (χ1v) is 12.6. The zero-order valence-electron chi connectivity index (χ0n) is 21.9. The number of hydrogen-bond donors (Lipinski definition) is 8. The normalized spacial score (nSPS) is 29.6. The van der Waals surface area contributed by atoms with Crippen LogP contribution in [-0.2, 0) is 20.7 Å². The maximum Gasteiger partial charge on any atom is 0.195 e. The number of fused-ring (bicyclic) bond motifs is 2. The predicted octanol–water partition coefficient (Wildman–Crippen LogP) is -0.122. The number of rotatable bonds is 6. The summed E-state index contributed by atoms with van der Waals surface area (Å²) in [6.45, 7) is 4.13. The summed E-state index contributed by atoms with van der Waals surface area (Å²) in [6.07, 6.45) is -11.0. The van der Waals surface area contributed by atoms with E-state index in [9.17, 15) is 50.4 Å². The fraction of sp³-hybridized carbons (Fsp3) is 0.556. The van der Waals surface area contributed by atoms with Crippen LogP contribution in [0.1, 0.15) is 53.4 Å². The van der Waals surface area contributed by atoms with Gasteiger partial charge in [0.25, 0.3) is 0 Å². The molecule has 0 radical (unpaired) electrons. The number of phenols is 3. The quantitative estimate of drug-likeness (QED) is 0.236. The van der Waals surface area contributed by atoms with Crippen molar-refractivity contribution in [3.05, 3.63) is 28.3 Å². The average molecular weight is 551 g/mol. The van der Waals surface area contributed by atoms with E-state index in [0.29, 0.717) is 0 Å². The molecule has 0 bridgehead atoms. The Morgan fingerprint density at radius 2 is 1.74 bits per heavy atom. The highest BCUT2D eigenvalue weighted by Gasteiger charge is 2.46. The lowest BCUT2D eigenvalue weighted by Gasteiger charge is -2.37. The first kappa shape index (κ1) is 29.2. The maximum atomic E-state index is 13.3. The van der Waals surface area contributed by atoms with Gasteiger partial charge in [0.15, 0.2) is 11.6 Å². The molecule has 2 aromatic rings. The van der Waals surface area contributed by atoms with Gasteiger partial charge < -0.3 is 50.3 Å². The Bertz CT molecular complexity index is 1290. The predicted molar refractivity (Wildman–Crippen MR) is 135 cm³/mol. The highest BCUT2D eigenvalue weighted by molar-refractivity contribution is 6.12. The van der Waals surface area contributed by atoms with Gasteiger partial charge in [0.05, 0.1) is 35.4 Å². The number of phenolic OH excluding ortho intramolecular Hbond substituents is 3. The van der Waals surface area contributed by atoms with Crippen molar-refractivity contribution in [3.63, 3.8) is 0 Å². The summed E-state index contributed by atoms with van der Waals surface area (Å²) < 4.78 is 11.1. The summed E-state index contributed by atoms with van der Waals surface area (Å²) in [7, 11) is 1.15. The van der Waals surface area contributed by atoms with E-state index in [1.165, 1.54) is 19.9 Å². The number of aliphatic hydroxyl groups is 5. The summed E-state index contributed by atoms with van der Waals surface area (Å²) in [5.41, 5.74) is -0.0435. The van der Waals surface area contributed by atoms with E-state index in [2.05, 4.69) is 0 Å². The third-order valence-corrected chi connectivity index (χ3v) is 7.95. The number of carbonyl (C=O) groups is 2.